The maximum Gasteiger partial charge on any atom is 0.241 e. The molecule has 25 heavy (non-hydrogen) atoms. The van der Waals surface area contributed by atoms with Gasteiger partial charge in [-0.25, -0.2) is 10.9 Å². The van der Waals surface area contributed by atoms with Crippen molar-refractivity contribution in [3.8, 4) is 0 Å². The monoisotopic (exact) mass is 428 g/mol. The summed E-state index contributed by atoms with van der Waals surface area (Å²) in [6, 6.07) is 8.39. The molecule has 0 bridgehead atoms. The quantitative estimate of drug-likeness (QED) is 0.676. The summed E-state index contributed by atoms with van der Waals surface area (Å²) in [7, 11) is 0. The predicted octanol–water partition coefficient (Wildman–Crippen LogP) is 2.38. The molecule has 3 aliphatic rings. The minimum Gasteiger partial charge on any atom is -0.341 e. The van der Waals surface area contributed by atoms with Crippen LogP contribution in [0.15, 0.2) is 28.7 Å². The van der Waals surface area contributed by atoms with Crippen molar-refractivity contribution in [1.29, 1.82) is 0 Å². The lowest BCUT2D eigenvalue weighted by Gasteiger charge is -2.39. The molecule has 0 aromatic heterocycles. The topological polar surface area (TPSA) is 56.4 Å². The molecular formula is C18H26BrClN4O. The van der Waals surface area contributed by atoms with Crippen molar-refractivity contribution in [3.63, 3.8) is 0 Å². The number of rotatable bonds is 2. The van der Waals surface area contributed by atoms with Gasteiger partial charge >= 0.3 is 0 Å². The summed E-state index contributed by atoms with van der Waals surface area (Å²) < 4.78 is 1.08. The third-order valence-electron chi connectivity index (χ3n) is 5.94. The van der Waals surface area contributed by atoms with E-state index < -0.39 is 0 Å². The third-order valence-corrected chi connectivity index (χ3v) is 6.47. The van der Waals surface area contributed by atoms with Crippen LogP contribution in [0.2, 0.25) is 0 Å². The summed E-state index contributed by atoms with van der Waals surface area (Å²) in [6.07, 6.45) is 4.36. The number of likely N-dealkylation sites (tertiary alicyclic amines) is 1. The van der Waals surface area contributed by atoms with Crippen molar-refractivity contribution in [2.45, 2.75) is 37.8 Å². The van der Waals surface area contributed by atoms with Crippen LogP contribution in [-0.4, -0.2) is 43.0 Å². The molecule has 0 radical (unpaired) electrons. The van der Waals surface area contributed by atoms with Gasteiger partial charge in [0.25, 0.3) is 0 Å². The molecule has 7 heteroatoms. The predicted molar refractivity (Wildman–Crippen MR) is 105 cm³/mol. The van der Waals surface area contributed by atoms with Gasteiger partial charge in [0.2, 0.25) is 5.91 Å². The largest absolute Gasteiger partial charge is 0.341 e. The van der Waals surface area contributed by atoms with Crippen LogP contribution in [-0.2, 0) is 4.79 Å². The maximum absolute atomic E-state index is 12.8. The van der Waals surface area contributed by atoms with Crippen molar-refractivity contribution >= 4 is 34.2 Å². The first kappa shape index (κ1) is 19.1. The normalized spacial score (nSPS) is 28.1. The lowest BCUT2D eigenvalue weighted by atomic mass is 9.77. The highest BCUT2D eigenvalue weighted by molar-refractivity contribution is 9.10. The smallest absolute Gasteiger partial charge is 0.241 e. The molecule has 0 aliphatic carbocycles. The van der Waals surface area contributed by atoms with Crippen LogP contribution in [0, 0.1) is 5.41 Å². The molecule has 3 fully saturated rings. The zero-order chi connectivity index (χ0) is 16.6. The molecule has 1 aromatic rings. The Kier molecular flexibility index (Phi) is 6.06. The first-order valence-electron chi connectivity index (χ1n) is 8.91. The zero-order valence-electron chi connectivity index (χ0n) is 14.3. The Morgan fingerprint density at radius 1 is 1.12 bits per heavy atom. The van der Waals surface area contributed by atoms with Crippen molar-refractivity contribution in [2.75, 3.05) is 26.2 Å². The molecule has 4 rings (SSSR count). The van der Waals surface area contributed by atoms with Gasteiger partial charge in [-0.1, -0.05) is 28.1 Å². The molecular weight excluding hydrogens is 404 g/mol. The Morgan fingerprint density at radius 3 is 2.48 bits per heavy atom. The number of hydrogen-bond acceptors (Lipinski definition) is 4. The van der Waals surface area contributed by atoms with E-state index >= 15 is 0 Å². The van der Waals surface area contributed by atoms with Crippen LogP contribution in [0.25, 0.3) is 0 Å². The van der Waals surface area contributed by atoms with Crippen LogP contribution in [0.4, 0.5) is 0 Å². The number of piperidine rings is 1. The lowest BCUT2D eigenvalue weighted by molar-refractivity contribution is -0.135. The maximum atomic E-state index is 12.8. The average Bonchev–Trinajstić information content (AvgIpc) is 3.26. The summed E-state index contributed by atoms with van der Waals surface area (Å²) in [5.74, 6) is 0.253. The highest BCUT2D eigenvalue weighted by atomic mass is 79.9. The van der Waals surface area contributed by atoms with Gasteiger partial charge in [-0.2, -0.15) is 0 Å². The molecule has 5 nitrogen and oxygen atoms in total. The number of carbonyl (C=O) groups is 1. The van der Waals surface area contributed by atoms with E-state index in [4.69, 9.17) is 0 Å². The minimum atomic E-state index is -0.116. The number of nitrogens with one attached hydrogen (secondary N) is 3. The third kappa shape index (κ3) is 4.03. The molecule has 2 atom stereocenters. The van der Waals surface area contributed by atoms with Crippen LogP contribution in [0.1, 0.15) is 37.3 Å². The zero-order valence-corrected chi connectivity index (χ0v) is 16.7. The van der Waals surface area contributed by atoms with Gasteiger partial charge in [0.05, 0.1) is 0 Å². The lowest BCUT2D eigenvalue weighted by Crippen LogP contribution is -2.50. The Morgan fingerprint density at radius 2 is 1.84 bits per heavy atom. The van der Waals surface area contributed by atoms with E-state index in [1.807, 2.05) is 12.1 Å². The molecule has 0 saturated carbocycles. The summed E-state index contributed by atoms with van der Waals surface area (Å²) in [4.78, 5) is 14.9. The number of halogens is 2. The molecule has 3 aliphatic heterocycles. The second-order valence-electron chi connectivity index (χ2n) is 7.43. The van der Waals surface area contributed by atoms with E-state index in [9.17, 15) is 4.79 Å². The van der Waals surface area contributed by atoms with E-state index in [0.29, 0.717) is 5.41 Å². The van der Waals surface area contributed by atoms with Gasteiger partial charge in [-0.3, -0.25) is 4.79 Å². The van der Waals surface area contributed by atoms with Crippen LogP contribution < -0.4 is 16.2 Å². The summed E-state index contributed by atoms with van der Waals surface area (Å²) >= 11 is 3.47. The average molecular weight is 430 g/mol. The SMILES string of the molecule is Cl.O=C(C1CC(c2ccc(Br)cc2)NN1)N1CCC2(CCNC2)CC1. The number of benzene rings is 1. The van der Waals surface area contributed by atoms with E-state index in [1.165, 1.54) is 12.0 Å². The van der Waals surface area contributed by atoms with E-state index in [2.05, 4.69) is 49.1 Å². The van der Waals surface area contributed by atoms with E-state index in [-0.39, 0.29) is 30.4 Å². The number of nitrogens with zero attached hydrogens (tertiary/aromatic N) is 1. The standard InChI is InChI=1S/C18H25BrN4O.ClH/c19-14-3-1-13(2-4-14)15-11-16(22-21-15)17(24)23-9-6-18(7-10-23)5-8-20-12-18;/h1-4,15-16,20-22H,5-12H2;1H. The van der Waals surface area contributed by atoms with Gasteiger partial charge in [0, 0.05) is 30.1 Å². The Balaban J connectivity index is 0.00000182. The van der Waals surface area contributed by atoms with Crippen LogP contribution in [0.3, 0.4) is 0 Å². The second-order valence-corrected chi connectivity index (χ2v) is 8.35. The minimum absolute atomic E-state index is 0. The van der Waals surface area contributed by atoms with Crippen molar-refractivity contribution in [3.05, 3.63) is 34.3 Å². The summed E-state index contributed by atoms with van der Waals surface area (Å²) in [5.41, 5.74) is 8.18. The number of carbonyl (C=O) groups excluding carboxylic acids is 1. The molecule has 1 aromatic carbocycles. The molecule has 1 amide bonds. The van der Waals surface area contributed by atoms with Crippen molar-refractivity contribution < 1.29 is 4.79 Å². The molecule has 1 spiro atoms. The molecule has 138 valence electrons. The highest BCUT2D eigenvalue weighted by Gasteiger charge is 2.40. The van der Waals surface area contributed by atoms with Gasteiger partial charge < -0.3 is 10.2 Å². The summed E-state index contributed by atoms with van der Waals surface area (Å²) in [6.45, 7) is 4.07. The van der Waals surface area contributed by atoms with Gasteiger partial charge in [-0.05, 0) is 55.3 Å². The van der Waals surface area contributed by atoms with E-state index in [1.54, 1.807) is 0 Å². The van der Waals surface area contributed by atoms with Crippen molar-refractivity contribution in [1.82, 2.24) is 21.1 Å². The fraction of sp³-hybridized carbons (Fsp3) is 0.611. The number of hydrogen-bond donors (Lipinski definition) is 3. The Hall–Kier alpha value is -0.660. The fourth-order valence-corrected chi connectivity index (χ4v) is 4.54. The highest BCUT2D eigenvalue weighted by Crippen LogP contribution is 2.37. The summed E-state index contributed by atoms with van der Waals surface area (Å²) in [5, 5.41) is 3.48. The Bertz CT molecular complexity index is 596. The Labute approximate surface area is 163 Å². The van der Waals surface area contributed by atoms with Gasteiger partial charge in [0.1, 0.15) is 6.04 Å². The second kappa shape index (κ2) is 7.92. The molecule has 2 unspecified atom stereocenters. The fourth-order valence-electron chi connectivity index (χ4n) is 4.28. The number of amides is 1. The van der Waals surface area contributed by atoms with Crippen molar-refractivity contribution in [2.24, 2.45) is 5.41 Å². The first-order valence-corrected chi connectivity index (χ1v) is 9.71. The first-order chi connectivity index (χ1) is 11.7. The molecule has 3 saturated heterocycles. The van der Waals surface area contributed by atoms with Crippen LogP contribution >= 0.6 is 28.3 Å². The molecule has 3 heterocycles. The van der Waals surface area contributed by atoms with Gasteiger partial charge in [0.15, 0.2) is 0 Å². The van der Waals surface area contributed by atoms with Crippen LogP contribution in [0.5, 0.6) is 0 Å². The van der Waals surface area contributed by atoms with E-state index in [0.717, 1.165) is 49.9 Å². The van der Waals surface area contributed by atoms with Gasteiger partial charge in [-0.15, -0.1) is 12.4 Å². The number of hydrazine groups is 1. The molecule has 3 N–H and O–H groups in total.